The van der Waals surface area contributed by atoms with E-state index in [4.69, 9.17) is 4.42 Å². The van der Waals surface area contributed by atoms with Crippen LogP contribution in [-0.4, -0.2) is 44.5 Å². The summed E-state index contributed by atoms with van der Waals surface area (Å²) >= 11 is 0. The second kappa shape index (κ2) is 9.64. The highest BCUT2D eigenvalue weighted by Crippen LogP contribution is 2.35. The Morgan fingerprint density at radius 2 is 1.54 bits per heavy atom. The first kappa shape index (κ1) is 23.3. The standard InChI is InChI=1S/C27H26FN3O3S/c1-20-7-13-24(14-8-20)35(32,33)26-27(34-25(29-26)22-9-11-23(28)12-10-22)31-17-15-30(16-18-31)19-21-5-3-2-4-6-21/h2-14H,15-19H2,1H3. The number of aromatic nitrogens is 1. The summed E-state index contributed by atoms with van der Waals surface area (Å²) in [7, 11) is -3.93. The molecule has 0 aliphatic carbocycles. The highest BCUT2D eigenvalue weighted by molar-refractivity contribution is 7.91. The maximum atomic E-state index is 13.6. The SMILES string of the molecule is Cc1ccc(S(=O)(=O)c2nc(-c3ccc(F)cc3)oc2N2CCN(Cc3ccccc3)CC2)cc1. The van der Waals surface area contributed by atoms with Crippen LogP contribution in [0.4, 0.5) is 10.3 Å². The number of oxazole rings is 1. The zero-order valence-corrected chi connectivity index (χ0v) is 20.2. The van der Waals surface area contributed by atoms with Crippen molar-refractivity contribution in [2.24, 2.45) is 0 Å². The Bertz CT molecular complexity index is 1390. The average molecular weight is 492 g/mol. The van der Waals surface area contributed by atoms with E-state index < -0.39 is 9.84 Å². The van der Waals surface area contributed by atoms with Gasteiger partial charge >= 0.3 is 0 Å². The van der Waals surface area contributed by atoms with Crippen molar-refractivity contribution in [3.8, 4) is 11.5 Å². The van der Waals surface area contributed by atoms with Gasteiger partial charge in [0, 0.05) is 38.3 Å². The molecule has 0 amide bonds. The predicted octanol–water partition coefficient (Wildman–Crippen LogP) is 4.94. The van der Waals surface area contributed by atoms with Gasteiger partial charge in [-0.25, -0.2) is 12.8 Å². The van der Waals surface area contributed by atoms with Crippen molar-refractivity contribution < 1.29 is 17.2 Å². The number of hydrogen-bond acceptors (Lipinski definition) is 6. The van der Waals surface area contributed by atoms with E-state index in [1.807, 2.05) is 30.0 Å². The van der Waals surface area contributed by atoms with Crippen molar-refractivity contribution in [1.82, 2.24) is 9.88 Å². The molecule has 5 rings (SSSR count). The lowest BCUT2D eigenvalue weighted by Gasteiger charge is -2.34. The lowest BCUT2D eigenvalue weighted by atomic mass is 10.2. The molecule has 2 heterocycles. The summed E-state index contributed by atoms with van der Waals surface area (Å²) in [5.74, 6) is -0.00997. The number of rotatable bonds is 6. The second-order valence-electron chi connectivity index (χ2n) is 8.70. The quantitative estimate of drug-likeness (QED) is 0.381. The number of aryl methyl sites for hydroxylation is 1. The van der Waals surface area contributed by atoms with Gasteiger partial charge in [0.25, 0.3) is 0 Å². The summed E-state index contributed by atoms with van der Waals surface area (Å²) < 4.78 is 46.7. The van der Waals surface area contributed by atoms with Crippen molar-refractivity contribution >= 4 is 15.7 Å². The van der Waals surface area contributed by atoms with E-state index in [9.17, 15) is 12.8 Å². The number of anilines is 1. The molecule has 180 valence electrons. The Labute approximate surface area is 204 Å². The molecule has 1 saturated heterocycles. The predicted molar refractivity (Wildman–Crippen MR) is 132 cm³/mol. The first-order chi connectivity index (χ1) is 16.9. The highest BCUT2D eigenvalue weighted by Gasteiger charge is 2.32. The molecule has 0 atom stereocenters. The minimum atomic E-state index is -3.93. The molecule has 1 aromatic heterocycles. The molecule has 35 heavy (non-hydrogen) atoms. The fourth-order valence-corrected chi connectivity index (χ4v) is 5.49. The number of hydrogen-bond donors (Lipinski definition) is 0. The number of halogens is 1. The third-order valence-electron chi connectivity index (χ3n) is 6.16. The molecule has 1 fully saturated rings. The van der Waals surface area contributed by atoms with Crippen LogP contribution in [0.5, 0.6) is 0 Å². The van der Waals surface area contributed by atoms with Crippen LogP contribution < -0.4 is 4.90 Å². The zero-order valence-electron chi connectivity index (χ0n) is 19.4. The first-order valence-corrected chi connectivity index (χ1v) is 13.0. The molecule has 0 spiro atoms. The van der Waals surface area contributed by atoms with Gasteiger partial charge in [0.15, 0.2) is 0 Å². The number of nitrogens with zero attached hydrogens (tertiary/aromatic N) is 3. The molecular weight excluding hydrogens is 465 g/mol. The molecule has 8 heteroatoms. The van der Waals surface area contributed by atoms with Crippen LogP contribution in [0.1, 0.15) is 11.1 Å². The van der Waals surface area contributed by atoms with E-state index in [1.165, 1.54) is 29.8 Å². The van der Waals surface area contributed by atoms with Crippen molar-refractivity contribution in [3.05, 3.63) is 95.8 Å². The van der Waals surface area contributed by atoms with Crippen molar-refractivity contribution in [1.29, 1.82) is 0 Å². The van der Waals surface area contributed by atoms with Crippen molar-refractivity contribution in [3.63, 3.8) is 0 Å². The number of piperazine rings is 1. The fourth-order valence-electron chi connectivity index (χ4n) is 4.17. The Morgan fingerprint density at radius 1 is 0.886 bits per heavy atom. The third kappa shape index (κ3) is 4.99. The molecule has 6 nitrogen and oxygen atoms in total. The lowest BCUT2D eigenvalue weighted by Crippen LogP contribution is -2.46. The summed E-state index contributed by atoms with van der Waals surface area (Å²) in [5.41, 5.74) is 2.72. The molecular formula is C27H26FN3O3S. The van der Waals surface area contributed by atoms with E-state index in [0.29, 0.717) is 18.7 Å². The van der Waals surface area contributed by atoms with Gasteiger partial charge in [-0.2, -0.15) is 4.98 Å². The number of benzene rings is 3. The van der Waals surface area contributed by atoms with Crippen LogP contribution in [0.2, 0.25) is 0 Å². The van der Waals surface area contributed by atoms with Gasteiger partial charge in [-0.3, -0.25) is 4.90 Å². The van der Waals surface area contributed by atoms with Gasteiger partial charge in [-0.15, -0.1) is 0 Å². The van der Waals surface area contributed by atoms with Crippen LogP contribution in [0.3, 0.4) is 0 Å². The number of sulfone groups is 1. The van der Waals surface area contributed by atoms with Crippen LogP contribution in [0, 0.1) is 12.7 Å². The van der Waals surface area contributed by atoms with Gasteiger partial charge in [-0.05, 0) is 48.9 Å². The molecule has 1 aliphatic heterocycles. The molecule has 0 saturated carbocycles. The van der Waals surface area contributed by atoms with Gasteiger partial charge in [-0.1, -0.05) is 48.0 Å². The van der Waals surface area contributed by atoms with E-state index in [0.717, 1.165) is 25.2 Å². The molecule has 1 aliphatic rings. The van der Waals surface area contributed by atoms with Crippen LogP contribution in [-0.2, 0) is 16.4 Å². The largest absolute Gasteiger partial charge is 0.419 e. The molecule has 0 N–H and O–H groups in total. The maximum absolute atomic E-state index is 13.6. The molecule has 4 aromatic rings. The monoisotopic (exact) mass is 491 g/mol. The van der Waals surface area contributed by atoms with Gasteiger partial charge < -0.3 is 9.32 Å². The minimum Gasteiger partial charge on any atom is -0.419 e. The summed E-state index contributed by atoms with van der Waals surface area (Å²) in [6, 6.07) is 22.6. The highest BCUT2D eigenvalue weighted by atomic mass is 32.2. The van der Waals surface area contributed by atoms with E-state index in [-0.39, 0.29) is 27.5 Å². The van der Waals surface area contributed by atoms with E-state index in [1.54, 1.807) is 24.3 Å². The Hall–Kier alpha value is -3.49. The minimum absolute atomic E-state index is 0.114. The smallest absolute Gasteiger partial charge is 0.236 e. The summed E-state index contributed by atoms with van der Waals surface area (Å²) in [5, 5.41) is -0.114. The zero-order chi connectivity index (χ0) is 24.4. The Kier molecular flexibility index (Phi) is 6.40. The molecule has 0 radical (unpaired) electrons. The Balaban J connectivity index is 1.46. The van der Waals surface area contributed by atoms with Gasteiger partial charge in [0.05, 0.1) is 4.90 Å². The average Bonchev–Trinajstić information content (AvgIpc) is 3.32. The van der Waals surface area contributed by atoms with E-state index >= 15 is 0 Å². The Morgan fingerprint density at radius 3 is 2.20 bits per heavy atom. The van der Waals surface area contributed by atoms with E-state index in [2.05, 4.69) is 22.0 Å². The van der Waals surface area contributed by atoms with Crippen molar-refractivity contribution in [2.45, 2.75) is 23.4 Å². The third-order valence-corrected chi connectivity index (χ3v) is 7.83. The van der Waals surface area contributed by atoms with Crippen LogP contribution >= 0.6 is 0 Å². The summed E-state index contributed by atoms with van der Waals surface area (Å²) in [6.07, 6.45) is 0. The summed E-state index contributed by atoms with van der Waals surface area (Å²) in [4.78, 5) is 8.83. The maximum Gasteiger partial charge on any atom is 0.236 e. The van der Waals surface area contributed by atoms with Crippen LogP contribution in [0.25, 0.3) is 11.5 Å². The second-order valence-corrected chi connectivity index (χ2v) is 10.6. The normalized spacial score (nSPS) is 14.9. The van der Waals surface area contributed by atoms with Gasteiger partial charge in [0.1, 0.15) is 5.82 Å². The molecule has 3 aromatic carbocycles. The van der Waals surface area contributed by atoms with Crippen molar-refractivity contribution in [2.75, 3.05) is 31.1 Å². The topological polar surface area (TPSA) is 66.7 Å². The first-order valence-electron chi connectivity index (χ1n) is 11.5. The molecule has 0 unspecified atom stereocenters. The van der Waals surface area contributed by atoms with Crippen LogP contribution in [0.15, 0.2) is 93.2 Å². The fraction of sp³-hybridized carbons (Fsp3) is 0.222. The van der Waals surface area contributed by atoms with Gasteiger partial charge in [0.2, 0.25) is 26.6 Å². The summed E-state index contributed by atoms with van der Waals surface area (Å²) in [6.45, 7) is 5.44. The lowest BCUT2D eigenvalue weighted by molar-refractivity contribution is 0.245. The molecule has 0 bridgehead atoms.